The molecule has 0 aliphatic carbocycles. The molecule has 0 radical (unpaired) electrons. The largest absolute Gasteiger partial charge is 0.405 e. The van der Waals surface area contributed by atoms with Crippen molar-refractivity contribution in [1.82, 2.24) is 15.5 Å². The molecule has 2 rings (SSSR count). The molecule has 2 saturated heterocycles. The third kappa shape index (κ3) is 5.40. The summed E-state index contributed by atoms with van der Waals surface area (Å²) >= 11 is 0. The van der Waals surface area contributed by atoms with Gasteiger partial charge in [-0.15, -0.1) is 0 Å². The van der Waals surface area contributed by atoms with Crippen molar-refractivity contribution in [3.63, 3.8) is 0 Å². The molecule has 2 aliphatic heterocycles. The number of nitrogens with zero attached hydrogens (tertiary/aromatic N) is 1. The second kappa shape index (κ2) is 8.12. The molecule has 22 heavy (non-hydrogen) atoms. The molecule has 2 aliphatic rings. The first-order chi connectivity index (χ1) is 10.5. The van der Waals surface area contributed by atoms with Crippen LogP contribution in [0.3, 0.4) is 0 Å². The number of amides is 1. The van der Waals surface area contributed by atoms with Gasteiger partial charge in [0.25, 0.3) is 0 Å². The number of carbonyl (C=O) groups excluding carboxylic acids is 1. The Morgan fingerprint density at radius 3 is 2.50 bits per heavy atom. The molecular formula is C14H24F3N3O2. The van der Waals surface area contributed by atoms with Crippen LogP contribution in [0.4, 0.5) is 13.2 Å². The second-order valence-corrected chi connectivity index (χ2v) is 5.91. The van der Waals surface area contributed by atoms with Crippen LogP contribution < -0.4 is 10.6 Å². The summed E-state index contributed by atoms with van der Waals surface area (Å²) in [4.78, 5) is 13.3. The Kier molecular flexibility index (Phi) is 6.46. The van der Waals surface area contributed by atoms with Crippen LogP contribution in [0, 0.1) is 5.92 Å². The first-order valence-corrected chi connectivity index (χ1v) is 7.82. The number of hydrogen-bond acceptors (Lipinski definition) is 4. The third-order valence-electron chi connectivity index (χ3n) is 4.28. The minimum atomic E-state index is -4.33. The predicted molar refractivity (Wildman–Crippen MR) is 75.5 cm³/mol. The highest BCUT2D eigenvalue weighted by molar-refractivity contribution is 5.76. The molecule has 2 heterocycles. The zero-order valence-electron chi connectivity index (χ0n) is 12.6. The maximum atomic E-state index is 13.2. The van der Waals surface area contributed by atoms with E-state index in [-0.39, 0.29) is 24.8 Å². The van der Waals surface area contributed by atoms with Gasteiger partial charge in [0.05, 0.1) is 0 Å². The summed E-state index contributed by atoms with van der Waals surface area (Å²) in [6.45, 7) is 2.67. The van der Waals surface area contributed by atoms with Gasteiger partial charge < -0.3 is 15.4 Å². The highest BCUT2D eigenvalue weighted by Crippen LogP contribution is 2.25. The summed E-state index contributed by atoms with van der Waals surface area (Å²) in [6.07, 6.45) is -2.44. The summed E-state index contributed by atoms with van der Waals surface area (Å²) in [7, 11) is 0. The average Bonchev–Trinajstić information content (AvgIpc) is 2.48. The number of nitrogens with one attached hydrogen (secondary N) is 2. The Hall–Kier alpha value is -0.860. The number of carbonyl (C=O) groups is 1. The molecule has 0 spiro atoms. The maximum Gasteiger partial charge on any atom is 0.405 e. The zero-order valence-corrected chi connectivity index (χ0v) is 12.6. The van der Waals surface area contributed by atoms with E-state index in [1.807, 2.05) is 0 Å². The van der Waals surface area contributed by atoms with Gasteiger partial charge in [0.2, 0.25) is 5.91 Å². The Balaban J connectivity index is 1.80. The fraction of sp³-hybridized carbons (Fsp3) is 0.929. The van der Waals surface area contributed by atoms with E-state index in [0.29, 0.717) is 39.4 Å². The molecule has 1 unspecified atom stereocenters. The van der Waals surface area contributed by atoms with E-state index >= 15 is 0 Å². The summed E-state index contributed by atoms with van der Waals surface area (Å²) in [6, 6.07) is -1.60. The van der Waals surface area contributed by atoms with Crippen molar-refractivity contribution in [3.8, 4) is 0 Å². The summed E-state index contributed by atoms with van der Waals surface area (Å²) in [5.74, 6) is -0.0754. The van der Waals surface area contributed by atoms with Crippen molar-refractivity contribution in [1.29, 1.82) is 0 Å². The van der Waals surface area contributed by atoms with E-state index in [1.54, 1.807) is 0 Å². The van der Waals surface area contributed by atoms with E-state index in [2.05, 4.69) is 10.6 Å². The van der Waals surface area contributed by atoms with Gasteiger partial charge in [-0.1, -0.05) is 0 Å². The van der Waals surface area contributed by atoms with E-state index in [1.165, 1.54) is 4.90 Å². The van der Waals surface area contributed by atoms with Gasteiger partial charge in [0.1, 0.15) is 6.04 Å². The highest BCUT2D eigenvalue weighted by atomic mass is 19.4. The lowest BCUT2D eigenvalue weighted by atomic mass is 9.96. The molecule has 5 nitrogen and oxygen atoms in total. The molecule has 0 aromatic carbocycles. The molecule has 2 fully saturated rings. The molecule has 0 bridgehead atoms. The number of piperazine rings is 1. The molecule has 1 atom stereocenters. The lowest BCUT2D eigenvalue weighted by Crippen LogP contribution is -2.57. The second-order valence-electron chi connectivity index (χ2n) is 5.91. The fourth-order valence-electron chi connectivity index (χ4n) is 2.94. The van der Waals surface area contributed by atoms with Crippen molar-refractivity contribution in [2.45, 2.75) is 31.5 Å². The molecule has 128 valence electrons. The van der Waals surface area contributed by atoms with Gasteiger partial charge in [-0.2, -0.15) is 13.2 Å². The average molecular weight is 323 g/mol. The van der Waals surface area contributed by atoms with Crippen molar-refractivity contribution in [3.05, 3.63) is 0 Å². The molecule has 0 aromatic heterocycles. The van der Waals surface area contributed by atoms with Crippen LogP contribution in [0.15, 0.2) is 0 Å². The molecule has 2 N–H and O–H groups in total. The quantitative estimate of drug-likeness (QED) is 0.784. The summed E-state index contributed by atoms with van der Waals surface area (Å²) in [5.41, 5.74) is 0. The van der Waals surface area contributed by atoms with Crippen LogP contribution in [0.25, 0.3) is 0 Å². The molecular weight excluding hydrogens is 299 g/mol. The summed E-state index contributed by atoms with van der Waals surface area (Å²) in [5, 5.41) is 5.50. The Morgan fingerprint density at radius 2 is 1.91 bits per heavy atom. The van der Waals surface area contributed by atoms with Crippen LogP contribution in [0.2, 0.25) is 0 Å². The standard InChI is InChI=1S/C14H24F3N3O2/c15-14(16,17)12(20-5-3-18-4-6-20)10-19-13(21)9-11-1-7-22-8-2-11/h11-12,18H,1-10H2,(H,19,21). The monoisotopic (exact) mass is 323 g/mol. The van der Waals surface area contributed by atoms with Crippen molar-refractivity contribution < 1.29 is 22.7 Å². The molecule has 0 saturated carbocycles. The Morgan fingerprint density at radius 1 is 1.27 bits per heavy atom. The van der Waals surface area contributed by atoms with Crippen molar-refractivity contribution in [2.24, 2.45) is 5.92 Å². The third-order valence-corrected chi connectivity index (χ3v) is 4.28. The van der Waals surface area contributed by atoms with Gasteiger partial charge in [-0.3, -0.25) is 9.69 Å². The zero-order chi connectivity index (χ0) is 16.0. The van der Waals surface area contributed by atoms with Gasteiger partial charge in [0, 0.05) is 52.4 Å². The number of hydrogen-bond donors (Lipinski definition) is 2. The molecule has 0 aromatic rings. The lowest BCUT2D eigenvalue weighted by molar-refractivity contribution is -0.184. The number of halogens is 3. The number of alkyl halides is 3. The van der Waals surface area contributed by atoms with E-state index in [4.69, 9.17) is 4.74 Å². The van der Waals surface area contributed by atoms with E-state index in [0.717, 1.165) is 12.8 Å². The van der Waals surface area contributed by atoms with Crippen LogP contribution in [-0.4, -0.2) is 69.0 Å². The minimum Gasteiger partial charge on any atom is -0.381 e. The van der Waals surface area contributed by atoms with Gasteiger partial charge in [-0.05, 0) is 18.8 Å². The molecule has 1 amide bonds. The normalized spacial score (nSPS) is 23.2. The topological polar surface area (TPSA) is 53.6 Å². The first-order valence-electron chi connectivity index (χ1n) is 7.82. The highest BCUT2D eigenvalue weighted by Gasteiger charge is 2.43. The van der Waals surface area contributed by atoms with Crippen LogP contribution in [0.1, 0.15) is 19.3 Å². The fourth-order valence-corrected chi connectivity index (χ4v) is 2.94. The Bertz CT molecular complexity index is 354. The van der Waals surface area contributed by atoms with Crippen molar-refractivity contribution in [2.75, 3.05) is 45.9 Å². The lowest BCUT2D eigenvalue weighted by Gasteiger charge is -2.36. The van der Waals surface area contributed by atoms with Crippen LogP contribution in [0.5, 0.6) is 0 Å². The van der Waals surface area contributed by atoms with E-state index < -0.39 is 12.2 Å². The number of rotatable bonds is 5. The number of ether oxygens (including phenoxy) is 1. The van der Waals surface area contributed by atoms with Gasteiger partial charge in [-0.25, -0.2) is 0 Å². The first kappa shape index (κ1) is 17.5. The summed E-state index contributed by atoms with van der Waals surface area (Å²) < 4.78 is 44.8. The molecule has 8 heteroatoms. The smallest absolute Gasteiger partial charge is 0.381 e. The maximum absolute atomic E-state index is 13.2. The van der Waals surface area contributed by atoms with Crippen LogP contribution in [-0.2, 0) is 9.53 Å². The van der Waals surface area contributed by atoms with Gasteiger partial charge >= 0.3 is 6.18 Å². The minimum absolute atomic E-state index is 0.220. The van der Waals surface area contributed by atoms with Crippen molar-refractivity contribution >= 4 is 5.91 Å². The SMILES string of the molecule is O=C(CC1CCOCC1)NCC(N1CCNCC1)C(F)(F)F. The Labute approximate surface area is 128 Å². The predicted octanol–water partition coefficient (Wildman–Crippen LogP) is 0.755. The van der Waals surface area contributed by atoms with Gasteiger partial charge in [0.15, 0.2) is 0 Å². The van der Waals surface area contributed by atoms with E-state index in [9.17, 15) is 18.0 Å². The van der Waals surface area contributed by atoms with Crippen LogP contribution >= 0.6 is 0 Å².